The van der Waals surface area contributed by atoms with Crippen LogP contribution in [0.1, 0.15) is 18.1 Å². The van der Waals surface area contributed by atoms with Crippen LogP contribution in [-0.4, -0.2) is 6.61 Å². The first-order valence-corrected chi connectivity index (χ1v) is 6.41. The first-order chi connectivity index (χ1) is 9.78. The van der Waals surface area contributed by atoms with E-state index in [1.807, 2.05) is 37.3 Å². The van der Waals surface area contributed by atoms with E-state index in [1.165, 1.54) is 0 Å². The van der Waals surface area contributed by atoms with Crippen LogP contribution in [0.2, 0.25) is 0 Å². The zero-order valence-corrected chi connectivity index (χ0v) is 11.3. The fraction of sp³-hybridized carbons (Fsp3) is 0.188. The predicted octanol–water partition coefficient (Wildman–Crippen LogP) is 3.21. The Balaban J connectivity index is 2.33. The SMILES string of the molecule is CCOc1ccccc1Oc1ccc(CN)cc1C#N. The molecule has 2 aromatic rings. The maximum atomic E-state index is 9.19. The molecule has 0 radical (unpaired) electrons. The fourth-order valence-electron chi connectivity index (χ4n) is 1.81. The molecule has 20 heavy (non-hydrogen) atoms. The molecule has 0 unspecified atom stereocenters. The number of nitrogens with two attached hydrogens (primary N) is 1. The van der Waals surface area contributed by atoms with Gasteiger partial charge in [0, 0.05) is 6.54 Å². The van der Waals surface area contributed by atoms with Crippen LogP contribution >= 0.6 is 0 Å². The number of para-hydroxylation sites is 2. The van der Waals surface area contributed by atoms with Crippen molar-refractivity contribution in [3.05, 3.63) is 53.6 Å². The zero-order chi connectivity index (χ0) is 14.4. The monoisotopic (exact) mass is 268 g/mol. The minimum Gasteiger partial charge on any atom is -0.490 e. The van der Waals surface area contributed by atoms with Crippen LogP contribution < -0.4 is 15.2 Å². The Kier molecular flexibility index (Phi) is 4.59. The second-order valence-corrected chi connectivity index (χ2v) is 4.13. The van der Waals surface area contributed by atoms with Gasteiger partial charge in [0.1, 0.15) is 11.8 Å². The summed E-state index contributed by atoms with van der Waals surface area (Å²) in [5.74, 6) is 1.74. The molecular formula is C16H16N2O2. The fourth-order valence-corrected chi connectivity index (χ4v) is 1.81. The second kappa shape index (κ2) is 6.60. The Morgan fingerprint density at radius 3 is 2.50 bits per heavy atom. The molecule has 0 spiro atoms. The molecule has 2 aromatic carbocycles. The summed E-state index contributed by atoms with van der Waals surface area (Å²) in [6.07, 6.45) is 0. The van der Waals surface area contributed by atoms with Crippen molar-refractivity contribution in [1.82, 2.24) is 0 Å². The molecule has 0 amide bonds. The third-order valence-corrected chi connectivity index (χ3v) is 2.77. The van der Waals surface area contributed by atoms with E-state index >= 15 is 0 Å². The maximum absolute atomic E-state index is 9.19. The van der Waals surface area contributed by atoms with E-state index in [1.54, 1.807) is 12.1 Å². The normalized spacial score (nSPS) is 9.85. The lowest BCUT2D eigenvalue weighted by Crippen LogP contribution is -1.99. The van der Waals surface area contributed by atoms with Gasteiger partial charge in [0.15, 0.2) is 11.5 Å². The largest absolute Gasteiger partial charge is 0.490 e. The van der Waals surface area contributed by atoms with Gasteiger partial charge in [0.25, 0.3) is 0 Å². The Morgan fingerprint density at radius 1 is 1.10 bits per heavy atom. The van der Waals surface area contributed by atoms with Crippen LogP contribution in [0.25, 0.3) is 0 Å². The van der Waals surface area contributed by atoms with E-state index in [4.69, 9.17) is 15.2 Å². The average molecular weight is 268 g/mol. The smallest absolute Gasteiger partial charge is 0.169 e. The quantitative estimate of drug-likeness (QED) is 0.904. The number of hydrogen-bond donors (Lipinski definition) is 1. The second-order valence-electron chi connectivity index (χ2n) is 4.13. The molecule has 0 aliphatic rings. The molecule has 0 saturated heterocycles. The summed E-state index contributed by atoms with van der Waals surface area (Å²) in [6.45, 7) is 2.86. The van der Waals surface area contributed by atoms with Gasteiger partial charge in [-0.15, -0.1) is 0 Å². The molecule has 0 aromatic heterocycles. The summed E-state index contributed by atoms with van der Waals surface area (Å²) >= 11 is 0. The van der Waals surface area contributed by atoms with Crippen LogP contribution in [0.5, 0.6) is 17.2 Å². The molecule has 0 aliphatic heterocycles. The Bertz CT molecular complexity index is 633. The number of benzene rings is 2. The highest BCUT2D eigenvalue weighted by molar-refractivity contribution is 5.50. The average Bonchev–Trinajstić information content (AvgIpc) is 2.50. The molecule has 2 N–H and O–H groups in total. The Labute approximate surface area is 118 Å². The van der Waals surface area contributed by atoms with Crippen molar-refractivity contribution in [3.63, 3.8) is 0 Å². The lowest BCUT2D eigenvalue weighted by molar-refractivity contribution is 0.321. The topological polar surface area (TPSA) is 68.3 Å². The van der Waals surface area contributed by atoms with Crippen molar-refractivity contribution >= 4 is 0 Å². The van der Waals surface area contributed by atoms with Crippen LogP contribution in [0.4, 0.5) is 0 Å². The first-order valence-electron chi connectivity index (χ1n) is 6.41. The number of rotatable bonds is 5. The van der Waals surface area contributed by atoms with Crippen LogP contribution in [0.15, 0.2) is 42.5 Å². The van der Waals surface area contributed by atoms with Crippen LogP contribution in [-0.2, 0) is 6.54 Å². The van der Waals surface area contributed by atoms with E-state index in [2.05, 4.69) is 6.07 Å². The molecule has 2 rings (SSSR count). The first kappa shape index (κ1) is 13.9. The predicted molar refractivity (Wildman–Crippen MR) is 76.7 cm³/mol. The Morgan fingerprint density at radius 2 is 1.85 bits per heavy atom. The summed E-state index contributed by atoms with van der Waals surface area (Å²) in [5, 5.41) is 9.19. The molecule has 0 heterocycles. The van der Waals surface area contributed by atoms with E-state index in [-0.39, 0.29) is 0 Å². The summed E-state index contributed by atoms with van der Waals surface area (Å²) in [6, 6.07) is 14.8. The maximum Gasteiger partial charge on any atom is 0.169 e. The van der Waals surface area contributed by atoms with Gasteiger partial charge in [-0.25, -0.2) is 0 Å². The third kappa shape index (κ3) is 3.08. The Hall–Kier alpha value is -2.51. The third-order valence-electron chi connectivity index (χ3n) is 2.77. The van der Waals surface area contributed by atoms with E-state index in [0.717, 1.165) is 5.56 Å². The molecule has 4 nitrogen and oxygen atoms in total. The van der Waals surface area contributed by atoms with Gasteiger partial charge in [0.05, 0.1) is 12.2 Å². The summed E-state index contributed by atoms with van der Waals surface area (Å²) in [5.41, 5.74) is 6.92. The number of hydrogen-bond acceptors (Lipinski definition) is 4. The van der Waals surface area contributed by atoms with Crippen LogP contribution in [0, 0.1) is 11.3 Å². The highest BCUT2D eigenvalue weighted by Crippen LogP contribution is 2.33. The van der Waals surface area contributed by atoms with E-state index < -0.39 is 0 Å². The van der Waals surface area contributed by atoms with Gasteiger partial charge < -0.3 is 15.2 Å². The number of ether oxygens (including phenoxy) is 2. The molecular weight excluding hydrogens is 252 g/mol. The number of nitriles is 1. The van der Waals surface area contributed by atoms with Gasteiger partial charge in [-0.05, 0) is 36.8 Å². The van der Waals surface area contributed by atoms with Crippen molar-refractivity contribution < 1.29 is 9.47 Å². The molecule has 0 saturated carbocycles. The van der Waals surface area contributed by atoms with Gasteiger partial charge in [-0.2, -0.15) is 5.26 Å². The van der Waals surface area contributed by atoms with Crippen molar-refractivity contribution in [2.45, 2.75) is 13.5 Å². The van der Waals surface area contributed by atoms with Crippen LogP contribution in [0.3, 0.4) is 0 Å². The lowest BCUT2D eigenvalue weighted by Gasteiger charge is -2.12. The summed E-state index contributed by atoms with van der Waals surface area (Å²) in [4.78, 5) is 0. The standard InChI is InChI=1S/C16H16N2O2/c1-2-19-15-5-3-4-6-16(15)20-14-8-7-12(10-17)9-13(14)11-18/h3-9H,2,10,17H2,1H3. The van der Waals surface area contributed by atoms with Crippen molar-refractivity contribution in [2.24, 2.45) is 5.73 Å². The molecule has 4 heteroatoms. The summed E-state index contributed by atoms with van der Waals surface area (Å²) < 4.78 is 11.3. The molecule has 0 aliphatic carbocycles. The van der Waals surface area contributed by atoms with Gasteiger partial charge in [0.2, 0.25) is 0 Å². The molecule has 0 fully saturated rings. The summed E-state index contributed by atoms with van der Waals surface area (Å²) in [7, 11) is 0. The molecule has 0 atom stereocenters. The number of nitrogens with zero attached hydrogens (tertiary/aromatic N) is 1. The minimum atomic E-state index is 0.393. The van der Waals surface area contributed by atoms with Crippen molar-refractivity contribution in [3.8, 4) is 23.3 Å². The van der Waals surface area contributed by atoms with E-state index in [0.29, 0.717) is 36.0 Å². The van der Waals surface area contributed by atoms with Gasteiger partial charge >= 0.3 is 0 Å². The highest BCUT2D eigenvalue weighted by Gasteiger charge is 2.09. The molecule has 102 valence electrons. The van der Waals surface area contributed by atoms with Crippen molar-refractivity contribution in [2.75, 3.05) is 6.61 Å². The van der Waals surface area contributed by atoms with Crippen molar-refractivity contribution in [1.29, 1.82) is 5.26 Å². The van der Waals surface area contributed by atoms with Gasteiger partial charge in [-0.1, -0.05) is 18.2 Å². The van der Waals surface area contributed by atoms with E-state index in [9.17, 15) is 5.26 Å². The highest BCUT2D eigenvalue weighted by atomic mass is 16.5. The van der Waals surface area contributed by atoms with Gasteiger partial charge in [-0.3, -0.25) is 0 Å². The minimum absolute atomic E-state index is 0.393. The lowest BCUT2D eigenvalue weighted by atomic mass is 10.1. The zero-order valence-electron chi connectivity index (χ0n) is 11.3. The molecule has 0 bridgehead atoms.